The molecule has 4 atom stereocenters. The van der Waals surface area contributed by atoms with Crippen LogP contribution in [0, 0.1) is 11.8 Å². The van der Waals surface area contributed by atoms with E-state index >= 15 is 0 Å². The number of ether oxygens (including phenoxy) is 1. The lowest BCUT2D eigenvalue weighted by Crippen LogP contribution is -2.59. The number of aromatic nitrogens is 2. The summed E-state index contributed by atoms with van der Waals surface area (Å²) in [5.74, 6) is 2.37. The van der Waals surface area contributed by atoms with E-state index in [0.29, 0.717) is 6.04 Å². The Morgan fingerprint density at radius 3 is 2.68 bits per heavy atom. The maximum Gasteiger partial charge on any atom is 0.246 e. The van der Waals surface area contributed by atoms with E-state index in [4.69, 9.17) is 4.74 Å². The Morgan fingerprint density at radius 2 is 2.00 bits per heavy atom. The van der Waals surface area contributed by atoms with Crippen molar-refractivity contribution in [3.8, 4) is 0 Å². The van der Waals surface area contributed by atoms with Crippen LogP contribution < -0.4 is 10.2 Å². The molecule has 2 bridgehead atoms. The van der Waals surface area contributed by atoms with E-state index in [0.717, 1.165) is 57.1 Å². The van der Waals surface area contributed by atoms with E-state index in [1.165, 1.54) is 25.9 Å². The maximum absolute atomic E-state index is 11.7. The second-order valence-electron chi connectivity index (χ2n) is 8.27. The van der Waals surface area contributed by atoms with Crippen LogP contribution in [0.4, 0.5) is 5.95 Å². The van der Waals surface area contributed by atoms with Gasteiger partial charge in [0.15, 0.2) is 0 Å². The third-order valence-corrected chi connectivity index (χ3v) is 6.52. The lowest BCUT2D eigenvalue weighted by molar-refractivity contribution is -0.125. The molecule has 4 aliphatic rings. The summed E-state index contributed by atoms with van der Waals surface area (Å²) in [6, 6.07) is 2.35. The summed E-state index contributed by atoms with van der Waals surface area (Å²) in [5.41, 5.74) is 0. The molecule has 5 rings (SSSR count). The lowest BCUT2D eigenvalue weighted by Gasteiger charge is -2.51. The van der Waals surface area contributed by atoms with Crippen LogP contribution in [0.1, 0.15) is 12.8 Å². The highest BCUT2D eigenvalue weighted by Gasteiger charge is 2.40. The van der Waals surface area contributed by atoms with E-state index in [9.17, 15) is 4.79 Å². The summed E-state index contributed by atoms with van der Waals surface area (Å²) < 4.78 is 4.90. The largest absolute Gasteiger partial charge is 0.375 e. The van der Waals surface area contributed by atoms with Crippen LogP contribution in [-0.2, 0) is 9.53 Å². The Balaban J connectivity index is 1.22. The lowest BCUT2D eigenvalue weighted by atomic mass is 9.75. The van der Waals surface area contributed by atoms with Crippen molar-refractivity contribution < 1.29 is 9.53 Å². The average molecular weight is 389 g/mol. The number of amides is 1. The molecule has 28 heavy (non-hydrogen) atoms. The fourth-order valence-electron chi connectivity index (χ4n) is 5.00. The minimum atomic E-state index is -0.0121. The number of nitrogens with zero attached hydrogens (tertiary/aromatic N) is 5. The van der Waals surface area contributed by atoms with Gasteiger partial charge < -0.3 is 15.0 Å². The Morgan fingerprint density at radius 1 is 1.21 bits per heavy atom. The number of carbonyl (C=O) groups is 1. The molecule has 1 aromatic heterocycles. The maximum atomic E-state index is 11.7. The van der Waals surface area contributed by atoms with Gasteiger partial charge in [0.1, 0.15) is 6.61 Å². The van der Waals surface area contributed by atoms with Crippen LogP contribution in [-0.4, -0.2) is 97.8 Å². The summed E-state index contributed by atoms with van der Waals surface area (Å²) >= 11 is 0. The van der Waals surface area contributed by atoms with Gasteiger partial charge in [-0.05, 0) is 37.3 Å². The number of rotatable bonds is 7. The van der Waals surface area contributed by atoms with Crippen LogP contribution in [0.15, 0.2) is 18.5 Å². The van der Waals surface area contributed by atoms with Crippen molar-refractivity contribution in [2.24, 2.45) is 11.8 Å². The van der Waals surface area contributed by atoms with Gasteiger partial charge in [-0.2, -0.15) is 0 Å². The van der Waals surface area contributed by atoms with Crippen molar-refractivity contribution in [3.63, 3.8) is 0 Å². The number of anilines is 1. The molecule has 8 nitrogen and oxygen atoms in total. The Hall–Kier alpha value is -1.77. The van der Waals surface area contributed by atoms with Crippen molar-refractivity contribution in [2.75, 3.05) is 71.0 Å². The number of piperazine rings is 1. The molecule has 4 fully saturated rings. The summed E-state index contributed by atoms with van der Waals surface area (Å²) in [6.45, 7) is 8.59. The molecular formula is C20H32N6O2. The molecule has 5 heterocycles. The Labute approximate surface area is 167 Å². The highest BCUT2D eigenvalue weighted by molar-refractivity contribution is 5.77. The fraction of sp³-hybridized carbons (Fsp3) is 0.750. The third kappa shape index (κ3) is 4.61. The second kappa shape index (κ2) is 9.15. The number of methoxy groups -OCH3 is 1. The van der Waals surface area contributed by atoms with Gasteiger partial charge in [0.05, 0.1) is 0 Å². The van der Waals surface area contributed by atoms with E-state index in [1.54, 1.807) is 7.11 Å². The molecular weight excluding hydrogens is 356 g/mol. The summed E-state index contributed by atoms with van der Waals surface area (Å²) in [7, 11) is 1.56. The average Bonchev–Trinajstić information content (AvgIpc) is 2.74. The van der Waals surface area contributed by atoms with Gasteiger partial charge in [-0.15, -0.1) is 0 Å². The van der Waals surface area contributed by atoms with Gasteiger partial charge in [-0.3, -0.25) is 14.6 Å². The number of carbonyl (C=O) groups excluding carboxylic acids is 1. The zero-order valence-electron chi connectivity index (χ0n) is 16.8. The summed E-state index contributed by atoms with van der Waals surface area (Å²) in [5, 5.41) is 3.02. The Kier molecular flexibility index (Phi) is 6.39. The minimum Gasteiger partial charge on any atom is -0.375 e. The molecule has 1 N–H and O–H groups in total. The van der Waals surface area contributed by atoms with E-state index in [2.05, 4.69) is 30.0 Å². The number of piperidine rings is 3. The minimum absolute atomic E-state index is 0.0121. The predicted octanol–water partition coefficient (Wildman–Crippen LogP) is 0.0716. The second-order valence-corrected chi connectivity index (χ2v) is 8.27. The Bertz CT molecular complexity index is 637. The first-order chi connectivity index (χ1) is 13.7. The number of hydrogen-bond acceptors (Lipinski definition) is 7. The van der Waals surface area contributed by atoms with Gasteiger partial charge in [-0.25, -0.2) is 9.97 Å². The smallest absolute Gasteiger partial charge is 0.246 e. The molecule has 0 saturated carbocycles. The molecule has 1 aromatic rings. The molecule has 0 aromatic carbocycles. The van der Waals surface area contributed by atoms with E-state index in [1.807, 2.05) is 18.5 Å². The molecule has 0 aliphatic carbocycles. The molecule has 0 spiro atoms. The molecule has 4 saturated heterocycles. The molecule has 8 heteroatoms. The molecule has 1 unspecified atom stereocenters. The standard InChI is InChI=1S/C20H32N6O2/c1-28-15-19(27)23-12-18-11-16-3-6-26(18)14-17(16)13-24-7-9-25(10-8-24)20-21-4-2-5-22-20/h2,4-5,16-18H,3,6-15H2,1H3,(H,23,27)/t16-,17-,18+/m0/s1. The molecule has 1 amide bonds. The first kappa shape index (κ1) is 19.5. The normalized spacial score (nSPS) is 30.4. The van der Waals surface area contributed by atoms with Crippen LogP contribution in [0.3, 0.4) is 0 Å². The van der Waals surface area contributed by atoms with Crippen molar-refractivity contribution in [1.29, 1.82) is 0 Å². The van der Waals surface area contributed by atoms with Gasteiger partial charge in [-0.1, -0.05) is 0 Å². The zero-order valence-corrected chi connectivity index (χ0v) is 16.8. The first-order valence-corrected chi connectivity index (χ1v) is 10.5. The highest BCUT2D eigenvalue weighted by Crippen LogP contribution is 2.36. The zero-order chi connectivity index (χ0) is 19.3. The van der Waals surface area contributed by atoms with E-state index < -0.39 is 0 Å². The number of nitrogens with one attached hydrogen (secondary N) is 1. The summed E-state index contributed by atoms with van der Waals surface area (Å²) in [4.78, 5) is 27.9. The van der Waals surface area contributed by atoms with Crippen molar-refractivity contribution >= 4 is 11.9 Å². The highest BCUT2D eigenvalue weighted by atomic mass is 16.5. The topological polar surface area (TPSA) is 73.8 Å². The van der Waals surface area contributed by atoms with Crippen molar-refractivity contribution in [1.82, 2.24) is 25.1 Å². The molecule has 0 radical (unpaired) electrons. The SMILES string of the molecule is COCC(=O)NC[C@H]1C[C@@H]2CCN1C[C@@H]2CN1CCN(c2ncccn2)CC1. The first-order valence-electron chi connectivity index (χ1n) is 10.5. The fourth-order valence-corrected chi connectivity index (χ4v) is 5.00. The van der Waals surface area contributed by atoms with Crippen LogP contribution in [0.2, 0.25) is 0 Å². The van der Waals surface area contributed by atoms with Crippen LogP contribution >= 0.6 is 0 Å². The van der Waals surface area contributed by atoms with Gasteiger partial charge in [0.2, 0.25) is 11.9 Å². The monoisotopic (exact) mass is 388 g/mol. The third-order valence-electron chi connectivity index (χ3n) is 6.52. The van der Waals surface area contributed by atoms with Gasteiger partial charge >= 0.3 is 0 Å². The quantitative estimate of drug-likeness (QED) is 0.709. The number of hydrogen-bond donors (Lipinski definition) is 1. The molecule has 4 aliphatic heterocycles. The molecule has 154 valence electrons. The van der Waals surface area contributed by atoms with Crippen LogP contribution in [0.5, 0.6) is 0 Å². The van der Waals surface area contributed by atoms with Gasteiger partial charge in [0.25, 0.3) is 0 Å². The van der Waals surface area contributed by atoms with Gasteiger partial charge in [0, 0.05) is 71.4 Å². The summed E-state index contributed by atoms with van der Waals surface area (Å²) in [6.07, 6.45) is 6.13. The van der Waals surface area contributed by atoms with Crippen molar-refractivity contribution in [3.05, 3.63) is 18.5 Å². The van der Waals surface area contributed by atoms with E-state index in [-0.39, 0.29) is 12.5 Å². The number of fused-ring (bicyclic) bond motifs is 3. The predicted molar refractivity (Wildman–Crippen MR) is 107 cm³/mol. The van der Waals surface area contributed by atoms with Crippen molar-refractivity contribution in [2.45, 2.75) is 18.9 Å². The van der Waals surface area contributed by atoms with Crippen LogP contribution in [0.25, 0.3) is 0 Å².